The van der Waals surface area contributed by atoms with Gasteiger partial charge < -0.3 is 0 Å². The van der Waals surface area contributed by atoms with E-state index in [9.17, 15) is 19.1 Å². The van der Waals surface area contributed by atoms with E-state index in [1.54, 1.807) is 30.3 Å². The fourth-order valence-electron chi connectivity index (χ4n) is 2.01. The van der Waals surface area contributed by atoms with Crippen molar-refractivity contribution in [3.63, 3.8) is 0 Å². The van der Waals surface area contributed by atoms with Crippen LogP contribution in [0.25, 0.3) is 0 Å². The van der Waals surface area contributed by atoms with Crippen molar-refractivity contribution in [3.05, 3.63) is 64.2 Å². The van der Waals surface area contributed by atoms with Gasteiger partial charge in [-0.05, 0) is 18.2 Å². The highest BCUT2D eigenvalue weighted by Crippen LogP contribution is 2.33. The minimum atomic E-state index is -1.76. The van der Waals surface area contributed by atoms with Crippen LogP contribution in [0, 0.1) is 10.1 Å². The molecule has 3 rings (SSSR count). The van der Waals surface area contributed by atoms with Gasteiger partial charge in [-0.2, -0.15) is 0 Å². The van der Waals surface area contributed by atoms with Gasteiger partial charge in [0, 0.05) is 12.1 Å². The third-order valence-electron chi connectivity index (χ3n) is 2.94. The van der Waals surface area contributed by atoms with Gasteiger partial charge >= 0.3 is 0 Å². The molecule has 1 aliphatic heterocycles. The predicted molar refractivity (Wildman–Crippen MR) is 72.8 cm³/mol. The summed E-state index contributed by atoms with van der Waals surface area (Å²) in [6, 6.07) is 12.3. The number of non-ortho nitro benzene ring substituents is 1. The Hall–Kier alpha value is -2.54. The fourth-order valence-corrected chi connectivity index (χ4v) is 3.33. The summed E-state index contributed by atoms with van der Waals surface area (Å²) < 4.78 is 13.5. The molecule has 0 spiro atoms. The van der Waals surface area contributed by atoms with E-state index in [1.807, 2.05) is 0 Å². The Morgan fingerprint density at radius 3 is 2.45 bits per heavy atom. The monoisotopic (exact) mass is 288 g/mol. The summed E-state index contributed by atoms with van der Waals surface area (Å²) in [5.74, 6) is -0.417. The molecule has 0 aliphatic carbocycles. The average Bonchev–Trinajstić information content (AvgIpc) is 2.71. The molecule has 1 atom stereocenters. The van der Waals surface area contributed by atoms with Crippen LogP contribution in [0.15, 0.2) is 53.4 Å². The molecule has 1 unspecified atom stereocenters. The summed E-state index contributed by atoms with van der Waals surface area (Å²) >= 11 is 0. The van der Waals surface area contributed by atoms with Crippen molar-refractivity contribution in [1.82, 2.24) is 0 Å². The highest BCUT2D eigenvalue weighted by molar-refractivity contribution is 7.88. The van der Waals surface area contributed by atoms with E-state index >= 15 is 0 Å². The summed E-state index contributed by atoms with van der Waals surface area (Å²) in [6.45, 7) is 0. The fraction of sp³-hybridized carbons (Fsp3) is 0. The summed E-state index contributed by atoms with van der Waals surface area (Å²) in [7, 11) is -1.76. The molecule has 0 N–H and O–H groups in total. The Labute approximate surface area is 116 Å². The van der Waals surface area contributed by atoms with Crippen molar-refractivity contribution in [3.8, 4) is 0 Å². The molecular formula is C13H8N2O4S. The predicted octanol–water partition coefficient (Wildman–Crippen LogP) is 2.28. The van der Waals surface area contributed by atoms with Gasteiger partial charge in [0.05, 0.1) is 21.1 Å². The number of hydrogen-bond donors (Lipinski definition) is 0. The minimum Gasteiger partial charge on any atom is -0.268 e. The van der Waals surface area contributed by atoms with Crippen molar-refractivity contribution in [2.45, 2.75) is 4.90 Å². The molecule has 2 aromatic carbocycles. The average molecular weight is 288 g/mol. The number of rotatable bonds is 2. The highest BCUT2D eigenvalue weighted by Gasteiger charge is 2.36. The second-order valence-corrected chi connectivity index (χ2v) is 5.43. The van der Waals surface area contributed by atoms with Crippen LogP contribution in [0.5, 0.6) is 0 Å². The number of carbonyl (C=O) groups excluding carboxylic acids is 1. The van der Waals surface area contributed by atoms with Crippen molar-refractivity contribution >= 4 is 28.3 Å². The number of nitro groups is 1. The molecule has 7 heteroatoms. The van der Waals surface area contributed by atoms with E-state index < -0.39 is 21.8 Å². The smallest absolute Gasteiger partial charge is 0.268 e. The van der Waals surface area contributed by atoms with Gasteiger partial charge in [0.15, 0.2) is 11.0 Å². The molecule has 20 heavy (non-hydrogen) atoms. The zero-order valence-electron chi connectivity index (χ0n) is 10.1. The van der Waals surface area contributed by atoms with Crippen LogP contribution in [-0.4, -0.2) is 15.0 Å². The van der Waals surface area contributed by atoms with Crippen LogP contribution < -0.4 is 4.31 Å². The van der Waals surface area contributed by atoms with E-state index in [1.165, 1.54) is 18.2 Å². The van der Waals surface area contributed by atoms with Crippen molar-refractivity contribution in [2.24, 2.45) is 0 Å². The first-order valence-electron chi connectivity index (χ1n) is 5.69. The minimum absolute atomic E-state index is 0.174. The lowest BCUT2D eigenvalue weighted by atomic mass is 10.2. The molecule has 1 amide bonds. The molecule has 0 saturated carbocycles. The number of nitro benzene ring substituents is 1. The van der Waals surface area contributed by atoms with E-state index in [-0.39, 0.29) is 16.1 Å². The lowest BCUT2D eigenvalue weighted by Crippen LogP contribution is -2.25. The van der Waals surface area contributed by atoms with Crippen molar-refractivity contribution < 1.29 is 13.9 Å². The SMILES string of the molecule is O=C1c2ccc([N+](=O)[O-])cc2S(=O)N1c1ccccc1. The lowest BCUT2D eigenvalue weighted by molar-refractivity contribution is -0.385. The van der Waals surface area contributed by atoms with Gasteiger partial charge in [-0.1, -0.05) is 18.2 Å². The van der Waals surface area contributed by atoms with Crippen LogP contribution in [0.1, 0.15) is 10.4 Å². The number of para-hydroxylation sites is 1. The molecule has 0 radical (unpaired) electrons. The number of carbonyl (C=O) groups is 1. The Bertz CT molecular complexity index is 745. The summed E-state index contributed by atoms with van der Waals surface area (Å²) in [5.41, 5.74) is 0.548. The van der Waals surface area contributed by atoms with Crippen LogP contribution >= 0.6 is 0 Å². The molecule has 2 aromatic rings. The zero-order chi connectivity index (χ0) is 14.3. The van der Waals surface area contributed by atoms with Crippen molar-refractivity contribution in [2.75, 3.05) is 4.31 Å². The van der Waals surface area contributed by atoms with Crippen LogP contribution in [0.3, 0.4) is 0 Å². The molecule has 0 fully saturated rings. The molecule has 0 aromatic heterocycles. The zero-order valence-corrected chi connectivity index (χ0v) is 10.9. The van der Waals surface area contributed by atoms with E-state index in [2.05, 4.69) is 0 Å². The van der Waals surface area contributed by atoms with Gasteiger partial charge in [-0.3, -0.25) is 14.9 Å². The second kappa shape index (κ2) is 4.53. The maximum Gasteiger partial charge on any atom is 0.271 e. The number of nitrogens with zero attached hydrogens (tertiary/aromatic N) is 2. The number of amides is 1. The molecule has 1 heterocycles. The molecule has 1 aliphatic rings. The van der Waals surface area contributed by atoms with E-state index in [4.69, 9.17) is 0 Å². The summed E-state index contributed by atoms with van der Waals surface area (Å²) in [5, 5.41) is 10.7. The first-order valence-corrected chi connectivity index (χ1v) is 6.80. The topological polar surface area (TPSA) is 80.5 Å². The van der Waals surface area contributed by atoms with Crippen molar-refractivity contribution in [1.29, 1.82) is 0 Å². The summed E-state index contributed by atoms with van der Waals surface area (Å²) in [4.78, 5) is 22.6. The lowest BCUT2D eigenvalue weighted by Gasteiger charge is -2.13. The number of hydrogen-bond acceptors (Lipinski definition) is 4. The second-order valence-electron chi connectivity index (χ2n) is 4.12. The number of benzene rings is 2. The van der Waals surface area contributed by atoms with Crippen LogP contribution in [-0.2, 0) is 11.0 Å². The van der Waals surface area contributed by atoms with Gasteiger partial charge in [0.25, 0.3) is 11.6 Å². The van der Waals surface area contributed by atoms with E-state index in [0.717, 1.165) is 4.31 Å². The maximum atomic E-state index is 12.4. The quantitative estimate of drug-likeness (QED) is 0.627. The first kappa shape index (κ1) is 12.5. The Balaban J connectivity index is 2.11. The standard InChI is InChI=1S/C13H8N2O4S/c16-13-11-7-6-10(15(17)18)8-12(11)20(19)14(13)9-4-2-1-3-5-9/h1-8H. The van der Waals surface area contributed by atoms with Gasteiger partial charge in [0.2, 0.25) is 0 Å². The molecule has 0 saturated heterocycles. The third kappa shape index (κ3) is 1.79. The largest absolute Gasteiger partial charge is 0.271 e. The Morgan fingerprint density at radius 1 is 1.10 bits per heavy atom. The number of anilines is 1. The molecule has 0 bridgehead atoms. The number of fused-ring (bicyclic) bond motifs is 1. The maximum absolute atomic E-state index is 12.4. The van der Waals surface area contributed by atoms with E-state index in [0.29, 0.717) is 5.69 Å². The molecular weight excluding hydrogens is 280 g/mol. The first-order chi connectivity index (χ1) is 9.59. The third-order valence-corrected chi connectivity index (χ3v) is 4.36. The van der Waals surface area contributed by atoms with Gasteiger partial charge in [-0.15, -0.1) is 0 Å². The normalized spacial score (nSPS) is 17.1. The van der Waals surface area contributed by atoms with Crippen LogP contribution in [0.2, 0.25) is 0 Å². The summed E-state index contributed by atoms with van der Waals surface area (Å²) in [6.07, 6.45) is 0. The molecule has 6 nitrogen and oxygen atoms in total. The van der Waals surface area contributed by atoms with Gasteiger partial charge in [-0.25, -0.2) is 8.51 Å². The van der Waals surface area contributed by atoms with Gasteiger partial charge in [0.1, 0.15) is 0 Å². The Morgan fingerprint density at radius 2 is 1.80 bits per heavy atom. The highest BCUT2D eigenvalue weighted by atomic mass is 32.2. The van der Waals surface area contributed by atoms with Crippen LogP contribution in [0.4, 0.5) is 11.4 Å². The molecule has 100 valence electrons. The Kier molecular flexibility index (Phi) is 2.83.